The van der Waals surface area contributed by atoms with Crippen LogP contribution in [0, 0.1) is 0 Å². The Morgan fingerprint density at radius 3 is 2.10 bits per heavy atom. The van der Waals surface area contributed by atoms with Crippen molar-refractivity contribution >= 4 is 23.8 Å². The number of amides is 5. The number of carbonyl (C=O) groups is 4. The smallest absolute Gasteiger partial charge is 0.334 e. The molecule has 0 radical (unpaired) electrons. The van der Waals surface area contributed by atoms with Gasteiger partial charge in [-0.25, -0.2) is 9.69 Å². The minimum atomic E-state index is -0.928. The molecule has 0 spiro atoms. The summed E-state index contributed by atoms with van der Waals surface area (Å²) in [6.45, 7) is 3.55. The first kappa shape index (κ1) is 14.5. The predicted molar refractivity (Wildman–Crippen MR) is 69.5 cm³/mol. The number of piperidine rings is 1. The predicted octanol–water partition coefficient (Wildman–Crippen LogP) is 0.196. The number of hydrogen-bond acceptors (Lipinski definition) is 4. The Morgan fingerprint density at radius 2 is 1.65 bits per heavy atom. The van der Waals surface area contributed by atoms with Crippen molar-refractivity contribution in [3.05, 3.63) is 0 Å². The molecule has 0 saturated carbocycles. The molecule has 20 heavy (non-hydrogen) atoms. The number of likely N-dealkylation sites (tertiary alicyclic amines) is 1. The van der Waals surface area contributed by atoms with Crippen molar-refractivity contribution in [1.82, 2.24) is 14.7 Å². The third kappa shape index (κ3) is 2.28. The van der Waals surface area contributed by atoms with Crippen LogP contribution in [0.1, 0.15) is 33.1 Å². The molecule has 2 atom stereocenters. The van der Waals surface area contributed by atoms with Gasteiger partial charge in [0, 0.05) is 19.1 Å². The van der Waals surface area contributed by atoms with E-state index < -0.39 is 17.8 Å². The van der Waals surface area contributed by atoms with Crippen molar-refractivity contribution < 1.29 is 19.2 Å². The SMILES string of the molecule is C[C@@H]1CCC[C@@H](C)N1C(=O)CN1C(=O)C(=O)N(C)C1=O. The van der Waals surface area contributed by atoms with Crippen molar-refractivity contribution in [2.45, 2.75) is 45.2 Å². The molecule has 0 aromatic rings. The standard InChI is InChI=1S/C13H19N3O4/c1-8-5-4-6-9(2)16(8)10(17)7-15-12(19)11(18)14(3)13(15)20/h8-9H,4-7H2,1-3H3/t8-,9-/m1/s1. The fraction of sp³-hybridized carbons (Fsp3) is 0.692. The molecule has 110 valence electrons. The van der Waals surface area contributed by atoms with Gasteiger partial charge in [-0.2, -0.15) is 0 Å². The van der Waals surface area contributed by atoms with Crippen LogP contribution >= 0.6 is 0 Å². The zero-order valence-corrected chi connectivity index (χ0v) is 12.0. The lowest BCUT2D eigenvalue weighted by Gasteiger charge is -2.39. The molecule has 2 heterocycles. The largest absolute Gasteiger partial charge is 0.336 e. The molecule has 2 aliphatic rings. The van der Waals surface area contributed by atoms with E-state index in [-0.39, 0.29) is 24.5 Å². The molecule has 2 saturated heterocycles. The van der Waals surface area contributed by atoms with Crippen LogP contribution in [0.15, 0.2) is 0 Å². The van der Waals surface area contributed by atoms with Gasteiger partial charge in [0.2, 0.25) is 5.91 Å². The van der Waals surface area contributed by atoms with Crippen molar-refractivity contribution in [2.75, 3.05) is 13.6 Å². The molecule has 0 aromatic heterocycles. The van der Waals surface area contributed by atoms with Gasteiger partial charge in [-0.15, -0.1) is 0 Å². The molecule has 2 aliphatic heterocycles. The van der Waals surface area contributed by atoms with E-state index in [4.69, 9.17) is 0 Å². The van der Waals surface area contributed by atoms with Crippen LogP contribution < -0.4 is 0 Å². The Morgan fingerprint density at radius 1 is 1.10 bits per heavy atom. The van der Waals surface area contributed by atoms with E-state index in [1.54, 1.807) is 4.90 Å². The van der Waals surface area contributed by atoms with E-state index in [1.807, 2.05) is 13.8 Å². The molecular weight excluding hydrogens is 262 g/mol. The Kier molecular flexibility index (Phi) is 3.78. The number of urea groups is 1. The first-order valence-electron chi connectivity index (χ1n) is 6.79. The van der Waals surface area contributed by atoms with Crippen LogP contribution in [0.3, 0.4) is 0 Å². The Balaban J connectivity index is 2.10. The van der Waals surface area contributed by atoms with Gasteiger partial charge in [0.1, 0.15) is 6.54 Å². The first-order valence-corrected chi connectivity index (χ1v) is 6.79. The Bertz CT molecular complexity index is 466. The van der Waals surface area contributed by atoms with Gasteiger partial charge in [-0.1, -0.05) is 0 Å². The van der Waals surface area contributed by atoms with Crippen molar-refractivity contribution in [3.63, 3.8) is 0 Å². The summed E-state index contributed by atoms with van der Waals surface area (Å²) in [6.07, 6.45) is 2.89. The second-order valence-electron chi connectivity index (χ2n) is 5.47. The summed E-state index contributed by atoms with van der Waals surface area (Å²) in [6, 6.07) is -0.550. The summed E-state index contributed by atoms with van der Waals surface area (Å²) in [5, 5.41) is 0. The number of nitrogens with zero attached hydrogens (tertiary/aromatic N) is 3. The molecule has 0 bridgehead atoms. The van der Waals surface area contributed by atoms with E-state index in [0.717, 1.165) is 29.1 Å². The fourth-order valence-electron chi connectivity index (χ4n) is 2.88. The van der Waals surface area contributed by atoms with Crippen LogP contribution in [-0.4, -0.2) is 64.1 Å². The molecule has 0 aromatic carbocycles. The van der Waals surface area contributed by atoms with E-state index in [2.05, 4.69) is 0 Å². The number of carbonyl (C=O) groups excluding carboxylic acids is 4. The quantitative estimate of drug-likeness (QED) is 0.535. The summed E-state index contributed by atoms with van der Waals surface area (Å²) in [7, 11) is 1.24. The average Bonchev–Trinajstić information content (AvgIpc) is 2.56. The molecule has 0 aliphatic carbocycles. The Hall–Kier alpha value is -1.92. The molecular formula is C13H19N3O4. The molecule has 0 unspecified atom stereocenters. The highest BCUT2D eigenvalue weighted by Crippen LogP contribution is 2.23. The van der Waals surface area contributed by atoms with Crippen LogP contribution in [0.2, 0.25) is 0 Å². The summed E-state index contributed by atoms with van der Waals surface area (Å²) in [5.41, 5.74) is 0. The maximum absolute atomic E-state index is 12.3. The van der Waals surface area contributed by atoms with Crippen molar-refractivity contribution in [3.8, 4) is 0 Å². The maximum atomic E-state index is 12.3. The molecule has 0 N–H and O–H groups in total. The molecule has 2 fully saturated rings. The average molecular weight is 281 g/mol. The third-order valence-corrected chi connectivity index (χ3v) is 4.03. The van der Waals surface area contributed by atoms with Crippen molar-refractivity contribution in [1.29, 1.82) is 0 Å². The highest BCUT2D eigenvalue weighted by Gasteiger charge is 2.44. The topological polar surface area (TPSA) is 78.0 Å². The van der Waals surface area contributed by atoms with E-state index in [0.29, 0.717) is 0 Å². The highest BCUT2D eigenvalue weighted by molar-refractivity contribution is 6.44. The minimum Gasteiger partial charge on any atom is -0.336 e. The van der Waals surface area contributed by atoms with Crippen LogP contribution in [-0.2, 0) is 14.4 Å². The monoisotopic (exact) mass is 281 g/mol. The number of hydrogen-bond donors (Lipinski definition) is 0. The lowest BCUT2D eigenvalue weighted by Crippen LogP contribution is -2.52. The zero-order valence-electron chi connectivity index (χ0n) is 12.0. The number of likely N-dealkylation sites (N-methyl/N-ethyl adjacent to an activating group) is 1. The summed E-state index contributed by atoms with van der Waals surface area (Å²) in [5.74, 6) is -2.10. The van der Waals surface area contributed by atoms with E-state index in [9.17, 15) is 19.2 Å². The molecule has 7 nitrogen and oxygen atoms in total. The lowest BCUT2D eigenvalue weighted by atomic mass is 9.97. The second kappa shape index (κ2) is 5.22. The first-order chi connectivity index (χ1) is 9.34. The van der Waals surface area contributed by atoms with Gasteiger partial charge in [0.25, 0.3) is 0 Å². The van der Waals surface area contributed by atoms with Gasteiger partial charge in [-0.05, 0) is 33.1 Å². The van der Waals surface area contributed by atoms with Gasteiger partial charge >= 0.3 is 17.8 Å². The van der Waals surface area contributed by atoms with E-state index in [1.165, 1.54) is 7.05 Å². The van der Waals surface area contributed by atoms with Crippen molar-refractivity contribution in [2.24, 2.45) is 0 Å². The summed E-state index contributed by atoms with van der Waals surface area (Å²) < 4.78 is 0. The van der Waals surface area contributed by atoms with Gasteiger partial charge in [0.05, 0.1) is 0 Å². The third-order valence-electron chi connectivity index (χ3n) is 4.03. The van der Waals surface area contributed by atoms with Crippen LogP contribution in [0.4, 0.5) is 4.79 Å². The highest BCUT2D eigenvalue weighted by atomic mass is 16.2. The lowest BCUT2D eigenvalue weighted by molar-refractivity contribution is -0.146. The fourth-order valence-corrected chi connectivity index (χ4v) is 2.88. The maximum Gasteiger partial charge on any atom is 0.334 e. The molecule has 2 rings (SSSR count). The molecule has 7 heteroatoms. The van der Waals surface area contributed by atoms with Crippen LogP contribution in [0.25, 0.3) is 0 Å². The molecule has 5 amide bonds. The number of rotatable bonds is 2. The van der Waals surface area contributed by atoms with Gasteiger partial charge in [0.15, 0.2) is 0 Å². The number of imide groups is 2. The summed E-state index contributed by atoms with van der Waals surface area (Å²) >= 11 is 0. The minimum absolute atomic E-state index is 0.0903. The second-order valence-corrected chi connectivity index (χ2v) is 5.47. The zero-order chi connectivity index (χ0) is 15.0. The summed E-state index contributed by atoms with van der Waals surface area (Å²) in [4.78, 5) is 50.3. The van der Waals surface area contributed by atoms with Crippen LogP contribution in [0.5, 0.6) is 0 Å². The normalized spacial score (nSPS) is 27.6. The van der Waals surface area contributed by atoms with Gasteiger partial charge in [-0.3, -0.25) is 19.3 Å². The Labute approximate surface area is 117 Å². The van der Waals surface area contributed by atoms with E-state index >= 15 is 0 Å². The van der Waals surface area contributed by atoms with Gasteiger partial charge < -0.3 is 4.90 Å².